The normalized spacial score (nSPS) is 19.6. The fourth-order valence-electron chi connectivity index (χ4n) is 4.90. The van der Waals surface area contributed by atoms with E-state index in [0.29, 0.717) is 50.4 Å². The molecule has 1 amide bonds. The number of amides is 1. The molecule has 1 unspecified atom stereocenters. The van der Waals surface area contributed by atoms with Gasteiger partial charge in [0.15, 0.2) is 10.9 Å². The van der Waals surface area contributed by atoms with Crippen molar-refractivity contribution in [1.82, 2.24) is 10.3 Å². The number of anilines is 1. The van der Waals surface area contributed by atoms with Crippen molar-refractivity contribution in [3.8, 4) is 0 Å². The molecule has 3 aromatic rings. The summed E-state index contributed by atoms with van der Waals surface area (Å²) in [5.74, 6) is -0.918. The molecule has 35 heavy (non-hydrogen) atoms. The molecule has 0 saturated carbocycles. The predicted molar refractivity (Wildman–Crippen MR) is 146 cm³/mol. The Bertz CT molecular complexity index is 1470. The number of Topliss-reactive ketones (excluding diaryl/α,β-unsaturated/α-hetero) is 1. The number of carbonyl (C=O) groups excluding carboxylic acids is 2. The van der Waals surface area contributed by atoms with E-state index in [2.05, 4.69) is 45.4 Å². The molecule has 1 atom stereocenters. The third-order valence-electron chi connectivity index (χ3n) is 6.33. The van der Waals surface area contributed by atoms with Crippen LogP contribution >= 0.6 is 50.5 Å². The molecule has 180 valence electrons. The van der Waals surface area contributed by atoms with Gasteiger partial charge in [0.25, 0.3) is 5.91 Å². The highest BCUT2D eigenvalue weighted by molar-refractivity contribution is 9.10. The first-order chi connectivity index (χ1) is 16.5. The van der Waals surface area contributed by atoms with E-state index in [4.69, 9.17) is 23.2 Å². The zero-order valence-corrected chi connectivity index (χ0v) is 23.2. The number of hydrogen-bond donors (Lipinski definition) is 2. The number of rotatable bonds is 3. The summed E-state index contributed by atoms with van der Waals surface area (Å²) >= 11 is 17.7. The zero-order chi connectivity index (χ0) is 25.1. The molecule has 1 aliphatic heterocycles. The second kappa shape index (κ2) is 9.04. The van der Waals surface area contributed by atoms with Gasteiger partial charge in [-0.25, -0.2) is 4.98 Å². The molecular weight excluding hydrogens is 569 g/mol. The van der Waals surface area contributed by atoms with E-state index in [9.17, 15) is 9.59 Å². The minimum atomic E-state index is -0.608. The lowest BCUT2D eigenvalue weighted by atomic mass is 9.68. The van der Waals surface area contributed by atoms with Crippen LogP contribution in [0.15, 0.2) is 63.4 Å². The van der Waals surface area contributed by atoms with E-state index >= 15 is 0 Å². The van der Waals surface area contributed by atoms with Gasteiger partial charge in [-0.1, -0.05) is 70.4 Å². The van der Waals surface area contributed by atoms with Gasteiger partial charge in [0, 0.05) is 49.4 Å². The molecule has 2 aliphatic rings. The first kappa shape index (κ1) is 24.5. The van der Waals surface area contributed by atoms with E-state index < -0.39 is 5.92 Å². The number of carbonyl (C=O) groups is 2. The van der Waals surface area contributed by atoms with Crippen molar-refractivity contribution in [1.29, 1.82) is 0 Å². The fourth-order valence-corrected chi connectivity index (χ4v) is 6.83. The predicted octanol–water partition coefficient (Wildman–Crippen LogP) is 7.61. The molecule has 0 spiro atoms. The Morgan fingerprint density at radius 2 is 1.97 bits per heavy atom. The first-order valence-corrected chi connectivity index (χ1v) is 13.5. The van der Waals surface area contributed by atoms with Gasteiger partial charge in [-0.3, -0.25) is 14.9 Å². The van der Waals surface area contributed by atoms with Crippen molar-refractivity contribution >= 4 is 77.5 Å². The second-order valence-corrected chi connectivity index (χ2v) is 12.5. The number of allylic oxidation sites excluding steroid dienone is 3. The number of hydrogen-bond acceptors (Lipinski definition) is 5. The summed E-state index contributed by atoms with van der Waals surface area (Å²) in [5.41, 5.74) is 3.88. The Morgan fingerprint density at radius 1 is 1.20 bits per heavy atom. The molecule has 5 nitrogen and oxygen atoms in total. The second-order valence-electron chi connectivity index (χ2n) is 9.68. The maximum Gasteiger partial charge on any atom is 0.256 e. The van der Waals surface area contributed by atoms with Gasteiger partial charge in [-0.05, 0) is 54.7 Å². The highest BCUT2D eigenvalue weighted by atomic mass is 79.9. The lowest BCUT2D eigenvalue weighted by Gasteiger charge is -2.39. The standard InChI is InChI=1S/C26H22BrCl2N3O2S/c1-12-21(24(34)32-25-31-17-7-4-13(27)8-20(17)35-25)22(15-6-5-14(28)9-16(15)29)23-18(30-12)10-26(2,3)11-19(23)33/h4-9,22,30H,10-11H2,1-3H3,(H,31,32,34). The zero-order valence-electron chi connectivity index (χ0n) is 19.3. The number of nitrogens with zero attached hydrogens (tertiary/aromatic N) is 1. The molecule has 1 aliphatic carbocycles. The number of ketones is 1. The van der Waals surface area contributed by atoms with Gasteiger partial charge in [-0.15, -0.1) is 0 Å². The Morgan fingerprint density at radius 3 is 2.71 bits per heavy atom. The van der Waals surface area contributed by atoms with Crippen LogP contribution in [0.5, 0.6) is 0 Å². The number of dihydropyridines is 1. The topological polar surface area (TPSA) is 71.1 Å². The number of nitrogens with one attached hydrogen (secondary N) is 2. The molecule has 2 N–H and O–H groups in total. The average molecular weight is 591 g/mol. The van der Waals surface area contributed by atoms with Crippen LogP contribution in [0, 0.1) is 5.41 Å². The SMILES string of the molecule is CC1=C(C(=O)Nc2nc3ccc(Br)cc3s2)C(c2ccc(Cl)cc2Cl)C2=C(CC(C)(C)CC2=O)N1. The van der Waals surface area contributed by atoms with Gasteiger partial charge in [0.2, 0.25) is 0 Å². The van der Waals surface area contributed by atoms with Crippen LogP contribution in [0.2, 0.25) is 10.0 Å². The maximum atomic E-state index is 13.7. The molecule has 0 radical (unpaired) electrons. The van der Waals surface area contributed by atoms with Crippen molar-refractivity contribution in [2.45, 2.75) is 39.5 Å². The minimum absolute atomic E-state index is 0.0161. The summed E-state index contributed by atoms with van der Waals surface area (Å²) in [6, 6.07) is 11.0. The van der Waals surface area contributed by atoms with E-state index in [0.717, 1.165) is 20.4 Å². The Balaban J connectivity index is 1.60. The van der Waals surface area contributed by atoms with Gasteiger partial charge >= 0.3 is 0 Å². The number of fused-ring (bicyclic) bond motifs is 1. The molecule has 5 rings (SSSR count). The number of aromatic nitrogens is 1. The maximum absolute atomic E-state index is 13.7. The Hall–Kier alpha value is -2.19. The summed E-state index contributed by atoms with van der Waals surface area (Å²) in [4.78, 5) is 31.7. The van der Waals surface area contributed by atoms with Crippen molar-refractivity contribution in [3.63, 3.8) is 0 Å². The molecule has 0 bridgehead atoms. The van der Waals surface area contributed by atoms with Gasteiger partial charge in [-0.2, -0.15) is 0 Å². The van der Waals surface area contributed by atoms with Gasteiger partial charge < -0.3 is 5.32 Å². The van der Waals surface area contributed by atoms with E-state index in [1.807, 2.05) is 25.1 Å². The summed E-state index contributed by atoms with van der Waals surface area (Å²) in [7, 11) is 0. The smallest absolute Gasteiger partial charge is 0.256 e. The quantitative estimate of drug-likeness (QED) is 0.329. The first-order valence-electron chi connectivity index (χ1n) is 11.1. The highest BCUT2D eigenvalue weighted by Gasteiger charge is 2.43. The molecule has 0 fully saturated rings. The van der Waals surface area contributed by atoms with Crippen molar-refractivity contribution in [2.75, 3.05) is 5.32 Å². The van der Waals surface area contributed by atoms with Crippen LogP contribution in [0.3, 0.4) is 0 Å². The molecule has 0 saturated heterocycles. The largest absolute Gasteiger partial charge is 0.362 e. The van der Waals surface area contributed by atoms with Gasteiger partial charge in [0.05, 0.1) is 10.2 Å². The Kier molecular flexibility index (Phi) is 6.33. The summed E-state index contributed by atoms with van der Waals surface area (Å²) < 4.78 is 1.89. The number of halogens is 3. The van der Waals surface area contributed by atoms with Crippen LogP contribution in [-0.4, -0.2) is 16.7 Å². The van der Waals surface area contributed by atoms with E-state index in [-0.39, 0.29) is 17.1 Å². The third-order valence-corrected chi connectivity index (χ3v) is 8.32. The van der Waals surface area contributed by atoms with Crippen LogP contribution < -0.4 is 10.6 Å². The molecule has 2 heterocycles. The van der Waals surface area contributed by atoms with Crippen LogP contribution in [-0.2, 0) is 9.59 Å². The molecule has 1 aromatic heterocycles. The van der Waals surface area contributed by atoms with Crippen molar-refractivity contribution in [3.05, 3.63) is 79.0 Å². The number of thiazole rings is 1. The fraction of sp³-hybridized carbons (Fsp3) is 0.269. The van der Waals surface area contributed by atoms with Crippen LogP contribution in [0.1, 0.15) is 45.1 Å². The average Bonchev–Trinajstić information content (AvgIpc) is 3.13. The number of benzene rings is 2. The van der Waals surface area contributed by atoms with Crippen molar-refractivity contribution < 1.29 is 9.59 Å². The summed E-state index contributed by atoms with van der Waals surface area (Å²) in [6.07, 6.45) is 1.10. The third kappa shape index (κ3) is 4.67. The summed E-state index contributed by atoms with van der Waals surface area (Å²) in [5, 5.41) is 7.72. The lowest BCUT2D eigenvalue weighted by molar-refractivity contribution is -0.118. The molecule has 9 heteroatoms. The highest BCUT2D eigenvalue weighted by Crippen LogP contribution is 2.48. The molecular formula is C26H22BrCl2N3O2S. The Labute approximate surface area is 225 Å². The van der Waals surface area contributed by atoms with Crippen molar-refractivity contribution in [2.24, 2.45) is 5.41 Å². The summed E-state index contributed by atoms with van der Waals surface area (Å²) in [6.45, 7) is 6.01. The monoisotopic (exact) mass is 589 g/mol. The lowest BCUT2D eigenvalue weighted by Crippen LogP contribution is -2.39. The van der Waals surface area contributed by atoms with Crippen LogP contribution in [0.4, 0.5) is 5.13 Å². The molecule has 2 aromatic carbocycles. The van der Waals surface area contributed by atoms with Crippen LogP contribution in [0.25, 0.3) is 10.2 Å². The minimum Gasteiger partial charge on any atom is -0.362 e. The van der Waals surface area contributed by atoms with E-state index in [1.165, 1.54) is 11.3 Å². The van der Waals surface area contributed by atoms with E-state index in [1.54, 1.807) is 18.2 Å². The van der Waals surface area contributed by atoms with Gasteiger partial charge in [0.1, 0.15) is 0 Å².